The van der Waals surface area contributed by atoms with Gasteiger partial charge in [-0.05, 0) is 0 Å². The van der Waals surface area contributed by atoms with Gasteiger partial charge in [0.1, 0.15) is 6.33 Å². The summed E-state index contributed by atoms with van der Waals surface area (Å²) in [6.45, 7) is 4.63. The van der Waals surface area contributed by atoms with Crippen molar-refractivity contribution in [1.82, 2.24) is 14.9 Å². The van der Waals surface area contributed by atoms with Crippen LogP contribution in [0.4, 0.5) is 0 Å². The first kappa shape index (κ1) is 10.1. The number of epoxide rings is 2. The standard InChI is InChI=1S/C11H15N3O2/c1-9(2-13-8-12-1)3-14(4-10-6-15-10)5-11-7-16-11/h1-2,8,10-11H,3-7H2. The van der Waals surface area contributed by atoms with Gasteiger partial charge >= 0.3 is 0 Å². The van der Waals surface area contributed by atoms with E-state index < -0.39 is 0 Å². The molecule has 0 spiro atoms. The average Bonchev–Trinajstić information content (AvgIpc) is 3.15. The zero-order chi connectivity index (χ0) is 10.8. The quantitative estimate of drug-likeness (QED) is 0.637. The summed E-state index contributed by atoms with van der Waals surface area (Å²) in [6.07, 6.45) is 6.12. The molecule has 1 aromatic rings. The molecule has 1 aromatic heterocycles. The van der Waals surface area contributed by atoms with Crippen LogP contribution in [0.5, 0.6) is 0 Å². The van der Waals surface area contributed by atoms with Crippen molar-refractivity contribution in [3.8, 4) is 0 Å². The van der Waals surface area contributed by atoms with E-state index >= 15 is 0 Å². The van der Waals surface area contributed by atoms with E-state index in [1.165, 1.54) is 0 Å². The van der Waals surface area contributed by atoms with Crippen LogP contribution in [0.1, 0.15) is 5.56 Å². The predicted molar refractivity (Wildman–Crippen MR) is 56.8 cm³/mol. The van der Waals surface area contributed by atoms with Crippen LogP contribution in [0.15, 0.2) is 18.7 Å². The molecule has 2 aliphatic rings. The lowest BCUT2D eigenvalue weighted by Crippen LogP contribution is -2.31. The summed E-state index contributed by atoms with van der Waals surface area (Å²) < 4.78 is 10.5. The van der Waals surface area contributed by atoms with Crippen LogP contribution in [0, 0.1) is 0 Å². The van der Waals surface area contributed by atoms with Crippen molar-refractivity contribution < 1.29 is 9.47 Å². The summed E-state index contributed by atoms with van der Waals surface area (Å²) >= 11 is 0. The van der Waals surface area contributed by atoms with E-state index in [4.69, 9.17) is 9.47 Å². The molecule has 0 saturated carbocycles. The maximum absolute atomic E-state index is 5.26. The molecule has 0 amide bonds. The Morgan fingerprint density at radius 1 is 1.12 bits per heavy atom. The van der Waals surface area contributed by atoms with Gasteiger partial charge in [-0.2, -0.15) is 0 Å². The van der Waals surface area contributed by atoms with Crippen LogP contribution in [0.25, 0.3) is 0 Å². The Labute approximate surface area is 94.4 Å². The fourth-order valence-corrected chi connectivity index (χ4v) is 1.80. The normalized spacial score (nSPS) is 27.1. The number of hydrogen-bond donors (Lipinski definition) is 0. The monoisotopic (exact) mass is 221 g/mol. The Morgan fingerprint density at radius 3 is 2.19 bits per heavy atom. The molecule has 2 atom stereocenters. The fourth-order valence-electron chi connectivity index (χ4n) is 1.80. The Morgan fingerprint density at radius 2 is 1.69 bits per heavy atom. The average molecular weight is 221 g/mol. The van der Waals surface area contributed by atoms with Crippen LogP contribution >= 0.6 is 0 Å². The number of rotatable bonds is 6. The van der Waals surface area contributed by atoms with Gasteiger partial charge in [0.05, 0.1) is 25.4 Å². The van der Waals surface area contributed by atoms with Gasteiger partial charge in [-0.1, -0.05) is 0 Å². The molecule has 0 N–H and O–H groups in total. The summed E-state index contributed by atoms with van der Waals surface area (Å²) in [5, 5.41) is 0. The first-order valence-corrected chi connectivity index (χ1v) is 5.59. The van der Waals surface area contributed by atoms with Crippen LogP contribution < -0.4 is 0 Å². The van der Waals surface area contributed by atoms with Crippen molar-refractivity contribution in [3.63, 3.8) is 0 Å². The molecule has 2 aliphatic heterocycles. The van der Waals surface area contributed by atoms with E-state index in [1.807, 2.05) is 12.4 Å². The predicted octanol–water partition coefficient (Wildman–Crippen LogP) is 0.0762. The van der Waals surface area contributed by atoms with Gasteiger partial charge in [-0.15, -0.1) is 0 Å². The second-order valence-electron chi connectivity index (χ2n) is 4.35. The topological polar surface area (TPSA) is 54.1 Å². The van der Waals surface area contributed by atoms with Gasteiger partial charge < -0.3 is 9.47 Å². The minimum absolute atomic E-state index is 0.420. The third-order valence-electron chi connectivity index (χ3n) is 2.75. The molecule has 0 aromatic carbocycles. The Hall–Kier alpha value is -1.04. The maximum atomic E-state index is 5.26. The minimum atomic E-state index is 0.420. The molecule has 86 valence electrons. The van der Waals surface area contributed by atoms with E-state index in [1.54, 1.807) is 6.33 Å². The van der Waals surface area contributed by atoms with Crippen molar-refractivity contribution in [2.45, 2.75) is 18.8 Å². The van der Waals surface area contributed by atoms with Gasteiger partial charge in [-0.3, -0.25) is 4.90 Å². The van der Waals surface area contributed by atoms with E-state index in [2.05, 4.69) is 14.9 Å². The first-order valence-electron chi connectivity index (χ1n) is 5.59. The molecule has 5 heteroatoms. The Balaban J connectivity index is 1.57. The second kappa shape index (κ2) is 4.45. The molecule has 2 saturated heterocycles. The molecule has 0 radical (unpaired) electrons. The molecule has 2 fully saturated rings. The van der Waals surface area contributed by atoms with E-state index in [-0.39, 0.29) is 0 Å². The van der Waals surface area contributed by atoms with E-state index in [9.17, 15) is 0 Å². The highest BCUT2D eigenvalue weighted by molar-refractivity contribution is 5.02. The highest BCUT2D eigenvalue weighted by atomic mass is 16.6. The van der Waals surface area contributed by atoms with Crippen molar-refractivity contribution in [1.29, 1.82) is 0 Å². The maximum Gasteiger partial charge on any atom is 0.115 e. The lowest BCUT2D eigenvalue weighted by atomic mass is 10.2. The van der Waals surface area contributed by atoms with Crippen LogP contribution in [0.2, 0.25) is 0 Å². The summed E-state index contributed by atoms with van der Waals surface area (Å²) in [5.74, 6) is 0. The summed E-state index contributed by atoms with van der Waals surface area (Å²) in [5.41, 5.74) is 1.14. The third-order valence-corrected chi connectivity index (χ3v) is 2.75. The van der Waals surface area contributed by atoms with Crippen molar-refractivity contribution >= 4 is 0 Å². The molecule has 5 nitrogen and oxygen atoms in total. The van der Waals surface area contributed by atoms with Gasteiger partial charge in [0.15, 0.2) is 0 Å². The molecule has 0 aliphatic carbocycles. The summed E-state index contributed by atoms with van der Waals surface area (Å²) in [4.78, 5) is 10.4. The van der Waals surface area contributed by atoms with Crippen LogP contribution in [-0.2, 0) is 16.0 Å². The first-order chi connectivity index (χ1) is 7.90. The Bertz CT molecular complexity index is 324. The molecule has 2 unspecified atom stereocenters. The third kappa shape index (κ3) is 2.98. The zero-order valence-corrected chi connectivity index (χ0v) is 9.08. The van der Waals surface area contributed by atoms with Gasteiger partial charge in [0.25, 0.3) is 0 Å². The van der Waals surface area contributed by atoms with Gasteiger partial charge in [0, 0.05) is 37.6 Å². The van der Waals surface area contributed by atoms with Crippen LogP contribution in [0.3, 0.4) is 0 Å². The lowest BCUT2D eigenvalue weighted by Gasteiger charge is -2.19. The molecule has 3 heterocycles. The van der Waals surface area contributed by atoms with Crippen LogP contribution in [-0.4, -0.2) is 53.4 Å². The van der Waals surface area contributed by atoms with Crippen molar-refractivity contribution in [2.75, 3.05) is 26.3 Å². The fraction of sp³-hybridized carbons (Fsp3) is 0.636. The SMILES string of the molecule is c1ncc(CN(CC2CO2)CC2CO2)cn1. The zero-order valence-electron chi connectivity index (χ0n) is 9.08. The highest BCUT2D eigenvalue weighted by Gasteiger charge is 2.30. The summed E-state index contributed by atoms with van der Waals surface area (Å²) in [7, 11) is 0. The minimum Gasteiger partial charge on any atom is -0.372 e. The number of hydrogen-bond acceptors (Lipinski definition) is 5. The lowest BCUT2D eigenvalue weighted by molar-refractivity contribution is 0.212. The van der Waals surface area contributed by atoms with Crippen molar-refractivity contribution in [3.05, 3.63) is 24.3 Å². The summed E-state index contributed by atoms with van der Waals surface area (Å²) in [6, 6.07) is 0. The largest absolute Gasteiger partial charge is 0.372 e. The number of ether oxygens (including phenoxy) is 2. The number of aromatic nitrogens is 2. The van der Waals surface area contributed by atoms with Gasteiger partial charge in [-0.25, -0.2) is 9.97 Å². The molecular formula is C11H15N3O2. The smallest absolute Gasteiger partial charge is 0.115 e. The molecule has 0 bridgehead atoms. The highest BCUT2D eigenvalue weighted by Crippen LogP contribution is 2.17. The second-order valence-corrected chi connectivity index (χ2v) is 4.35. The molecular weight excluding hydrogens is 206 g/mol. The number of nitrogens with zero attached hydrogens (tertiary/aromatic N) is 3. The molecule has 16 heavy (non-hydrogen) atoms. The van der Waals surface area contributed by atoms with E-state index in [0.29, 0.717) is 12.2 Å². The molecule has 3 rings (SSSR count). The van der Waals surface area contributed by atoms with Gasteiger partial charge in [0.2, 0.25) is 0 Å². The van der Waals surface area contributed by atoms with E-state index in [0.717, 1.165) is 38.4 Å². The van der Waals surface area contributed by atoms with Crippen molar-refractivity contribution in [2.24, 2.45) is 0 Å². The Kier molecular flexibility index (Phi) is 2.82.